The van der Waals surface area contributed by atoms with Crippen LogP contribution in [0.1, 0.15) is 127 Å². The molecular weight excluding hydrogens is 1820 g/mol. The lowest BCUT2D eigenvalue weighted by Crippen LogP contribution is -2.36. The molecule has 0 amide bonds. The Morgan fingerprint density at radius 2 is 0.486 bits per heavy atom. The standard InChI is InChI=1S/C24H20O4.C23H17ClO4.C23H18O5.C21H16O4.C8H8O4.C7H6O5.H2O4S/c1-3-14-26-21-15-18(17(2)25)16-22-23(21)28-24(27-22,19-10-6-4-7-11-19)20-12-8-5-9-13-20;2*1-2-13-26-19-14-16(22(24)25)15-20-21(19)28-23(27-20,17-9-5-3-6-10-17)18-11-7-4-8-12-18;1-14(22)15-12-18(23)20-19(13-15)24-21(25-20,16-8-4-2-5-9-16)17-10-6-3-7-11-17;1-4(9)5-2-6(10)8(12)7(11)3-5;8-4-1-3(7(11)12)2-5(9)6(4)10;1-5(2,3)4/h3-13,15-16H,1,14H2,2H3;2-12,14-15H,1,13H2;2-12,14-15H,1,13H2,(H,24,25);2-13,23H,1H3;2-3,10-12H,1H3;1-2,8-10H,(H,11,12);(H2,1,2,3,4). The molecule has 0 aliphatic carbocycles. The summed E-state index contributed by atoms with van der Waals surface area (Å²) in [6.45, 7) is 16.0. The van der Waals surface area contributed by atoms with Gasteiger partial charge >= 0.3 is 45.5 Å². The number of carbonyl (C=O) groups is 6. The van der Waals surface area contributed by atoms with Gasteiger partial charge in [0.25, 0.3) is 5.24 Å². The molecule has 4 heterocycles. The average Bonchev–Trinajstić information content (AvgIpc) is 1.60. The van der Waals surface area contributed by atoms with Gasteiger partial charge in [0.2, 0.25) is 23.0 Å². The number of phenols is 7. The smallest absolute Gasteiger partial charge is 0.394 e. The van der Waals surface area contributed by atoms with Gasteiger partial charge < -0.3 is 98.1 Å². The van der Waals surface area contributed by atoms with Crippen molar-refractivity contribution in [2.24, 2.45) is 0 Å². The maximum atomic E-state index is 12.0. The number of aromatic carboxylic acids is 2. The van der Waals surface area contributed by atoms with E-state index >= 15 is 0 Å². The van der Waals surface area contributed by atoms with E-state index in [0.717, 1.165) is 68.8 Å². The lowest BCUT2D eigenvalue weighted by atomic mass is 9.97. The minimum absolute atomic E-state index is 0.0540. The number of Topliss-reactive ketones (excluding diaryl/α,β-unsaturated/α-hetero) is 3. The van der Waals surface area contributed by atoms with Crippen molar-refractivity contribution in [1.82, 2.24) is 0 Å². The summed E-state index contributed by atoms with van der Waals surface area (Å²) in [7, 11) is -4.67. The van der Waals surface area contributed by atoms with Gasteiger partial charge in [0.15, 0.2) is 97.8 Å². The van der Waals surface area contributed by atoms with E-state index in [2.05, 4.69) is 19.7 Å². The van der Waals surface area contributed by atoms with Gasteiger partial charge in [-0.15, -0.1) is 0 Å². The Bertz CT molecular complexity index is 6240. The fourth-order valence-electron chi connectivity index (χ4n) is 14.1. The minimum atomic E-state index is -4.67. The molecule has 0 saturated carbocycles. The molecule has 0 bridgehead atoms. The Labute approximate surface area is 794 Å². The predicted octanol–water partition coefficient (Wildman–Crippen LogP) is 20.2. The molecule has 14 aromatic rings. The second-order valence-electron chi connectivity index (χ2n) is 30.0. The van der Waals surface area contributed by atoms with E-state index in [1.54, 1.807) is 48.6 Å². The average molecular weight is 1910 g/mol. The van der Waals surface area contributed by atoms with Crippen molar-refractivity contribution in [2.75, 3.05) is 19.8 Å². The monoisotopic (exact) mass is 1910 g/mol. The molecule has 0 fully saturated rings. The van der Waals surface area contributed by atoms with E-state index < -0.39 is 85.2 Å². The number of fused-ring (bicyclic) bond motifs is 4. The van der Waals surface area contributed by atoms with Gasteiger partial charge in [0.1, 0.15) is 19.8 Å². The molecular formula is C106H87ClO30S. The summed E-state index contributed by atoms with van der Waals surface area (Å²) in [6, 6.07) is 93.0. The molecule has 11 N–H and O–H groups in total. The van der Waals surface area contributed by atoms with Crippen molar-refractivity contribution in [1.29, 1.82) is 0 Å². The third-order valence-corrected chi connectivity index (χ3v) is 20.7. The third kappa shape index (κ3) is 23.0. The number of benzene rings is 14. The van der Waals surface area contributed by atoms with E-state index in [1.165, 1.54) is 39.0 Å². The molecule has 0 aromatic heterocycles. The normalized spacial score (nSPS) is 13.1. The number of ether oxygens (including phenoxy) is 11. The Morgan fingerprint density at radius 3 is 0.725 bits per heavy atom. The van der Waals surface area contributed by atoms with E-state index in [9.17, 15) is 39.0 Å². The first kappa shape index (κ1) is 99.5. The quantitative estimate of drug-likeness (QED) is 0.00931. The fraction of sp³-hybridized carbons (Fsp3) is 0.0943. The number of hydrogen-bond acceptors (Lipinski definition) is 26. The molecule has 0 unspecified atom stereocenters. The molecule has 0 radical (unpaired) electrons. The van der Waals surface area contributed by atoms with Crippen molar-refractivity contribution in [3.63, 3.8) is 0 Å². The van der Waals surface area contributed by atoms with Crippen LogP contribution in [0.25, 0.3) is 0 Å². The SMILES string of the molecule is C=CCOc1cc(C(=O)Cl)cc2c1OC(c1ccccc1)(c1ccccc1)O2.C=CCOc1cc(C(=O)O)cc2c1OC(c1ccccc1)(c1ccccc1)O2.C=CCOc1cc(C(C)=O)cc2c1OC(c1ccccc1)(c1ccccc1)O2.CC(=O)c1cc(O)c(O)c(O)c1.CC(=O)c1cc(O)c2c(c1)OC(c1ccccc1)(c1ccccc1)O2.O=C(O)c1cc(O)c(O)c(O)c1.O=S(=O)(O)O. The maximum Gasteiger partial charge on any atom is 0.394 e. The highest BCUT2D eigenvalue weighted by Crippen LogP contribution is 2.58. The van der Waals surface area contributed by atoms with Crippen LogP contribution in [0.15, 0.2) is 353 Å². The second-order valence-corrected chi connectivity index (χ2v) is 31.2. The summed E-state index contributed by atoms with van der Waals surface area (Å²) in [5.74, 6) is -7.36. The molecule has 704 valence electrons. The van der Waals surface area contributed by atoms with Crippen LogP contribution in [0.3, 0.4) is 0 Å². The molecule has 4 aliphatic rings. The summed E-state index contributed by atoms with van der Waals surface area (Å²) in [6.07, 6.45) is 4.83. The lowest BCUT2D eigenvalue weighted by Gasteiger charge is -2.28. The van der Waals surface area contributed by atoms with Gasteiger partial charge in [-0.3, -0.25) is 28.3 Å². The second kappa shape index (κ2) is 43.9. The maximum absolute atomic E-state index is 12.0. The zero-order chi connectivity index (χ0) is 99.2. The van der Waals surface area contributed by atoms with E-state index in [0.29, 0.717) is 75.2 Å². The summed E-state index contributed by atoms with van der Waals surface area (Å²) in [5.41, 5.74) is 7.51. The van der Waals surface area contributed by atoms with Crippen LogP contribution >= 0.6 is 11.6 Å². The minimum Gasteiger partial charge on any atom is -0.504 e. The molecule has 32 heteroatoms. The zero-order valence-electron chi connectivity index (χ0n) is 73.5. The number of aromatic hydroxyl groups is 7. The summed E-state index contributed by atoms with van der Waals surface area (Å²) in [4.78, 5) is 68.1. The topological polar surface area (TPSA) is 461 Å². The van der Waals surface area contributed by atoms with Crippen LogP contribution in [0.5, 0.6) is 103 Å². The molecule has 0 saturated heterocycles. The summed E-state index contributed by atoms with van der Waals surface area (Å²) >= 11 is 5.70. The van der Waals surface area contributed by atoms with Gasteiger partial charge in [0.05, 0.1) is 11.1 Å². The first-order chi connectivity index (χ1) is 66.0. The highest BCUT2D eigenvalue weighted by Gasteiger charge is 2.51. The van der Waals surface area contributed by atoms with Crippen LogP contribution in [0, 0.1) is 0 Å². The van der Waals surface area contributed by atoms with Crippen LogP contribution in [0.2, 0.25) is 0 Å². The molecule has 14 aromatic carbocycles. The van der Waals surface area contributed by atoms with Gasteiger partial charge in [-0.05, 0) is 105 Å². The van der Waals surface area contributed by atoms with Crippen LogP contribution in [0.4, 0.5) is 0 Å². The van der Waals surface area contributed by atoms with Crippen LogP contribution in [-0.4, -0.2) is 118 Å². The van der Waals surface area contributed by atoms with Crippen molar-refractivity contribution in [2.45, 2.75) is 43.9 Å². The van der Waals surface area contributed by atoms with Gasteiger partial charge in [-0.25, -0.2) is 9.59 Å². The van der Waals surface area contributed by atoms with Crippen molar-refractivity contribution in [3.05, 3.63) is 431 Å². The molecule has 138 heavy (non-hydrogen) atoms. The Morgan fingerprint density at radius 1 is 0.297 bits per heavy atom. The van der Waals surface area contributed by atoms with Crippen molar-refractivity contribution in [3.8, 4) is 103 Å². The zero-order valence-corrected chi connectivity index (χ0v) is 75.0. The number of ketones is 3. The predicted molar refractivity (Wildman–Crippen MR) is 505 cm³/mol. The Kier molecular flexibility index (Phi) is 31.6. The van der Waals surface area contributed by atoms with Crippen molar-refractivity contribution < 1.29 is 144 Å². The Hall–Kier alpha value is -17.5. The number of carboxylic acids is 2. The molecule has 0 atom stereocenters. The highest BCUT2D eigenvalue weighted by atomic mass is 35.5. The first-order valence-corrected chi connectivity index (χ1v) is 43.3. The number of carboxylic acid groups (broad SMARTS) is 2. The van der Waals surface area contributed by atoms with E-state index in [-0.39, 0.29) is 64.3 Å². The number of hydrogen-bond donors (Lipinski definition) is 11. The Balaban J connectivity index is 0.000000151. The van der Waals surface area contributed by atoms with Gasteiger partial charge in [-0.1, -0.05) is 281 Å². The van der Waals surface area contributed by atoms with E-state index in [4.69, 9.17) is 117 Å². The summed E-state index contributed by atoms with van der Waals surface area (Å²) in [5, 5.41) is 81.0. The van der Waals surface area contributed by atoms with Crippen molar-refractivity contribution >= 4 is 56.5 Å². The number of carbonyl (C=O) groups excluding carboxylic acids is 4. The number of phenolic OH excluding ortho intramolecular Hbond substituents is 7. The largest absolute Gasteiger partial charge is 0.504 e. The third-order valence-electron chi connectivity index (χ3n) is 20.5. The number of halogens is 1. The number of rotatable bonds is 23. The lowest BCUT2D eigenvalue weighted by molar-refractivity contribution is -0.0470. The molecule has 18 rings (SSSR count). The molecule has 0 spiro atoms. The molecule has 4 aliphatic heterocycles. The van der Waals surface area contributed by atoms with Gasteiger partial charge in [-0.2, -0.15) is 8.42 Å². The van der Waals surface area contributed by atoms with Crippen LogP contribution in [-0.2, 0) is 33.5 Å². The first-order valence-electron chi connectivity index (χ1n) is 41.5. The van der Waals surface area contributed by atoms with E-state index in [1.807, 2.05) is 243 Å². The van der Waals surface area contributed by atoms with Gasteiger partial charge in [0, 0.05) is 66.8 Å². The fourth-order valence-corrected chi connectivity index (χ4v) is 14.2. The molecule has 30 nitrogen and oxygen atoms in total. The van der Waals surface area contributed by atoms with Crippen LogP contribution < -0.4 is 52.1 Å². The summed E-state index contributed by atoms with van der Waals surface area (Å²) < 4.78 is 99.3. The highest BCUT2D eigenvalue weighted by molar-refractivity contribution is 7.79.